The monoisotopic (exact) mass is 302 g/mol. The topological polar surface area (TPSA) is 18.5 Å². The lowest BCUT2D eigenvalue weighted by Crippen LogP contribution is -1.84. The molecular formula is C20H30O2. The molecule has 0 saturated heterocycles. The lowest BCUT2D eigenvalue weighted by Gasteiger charge is -2.00. The van der Waals surface area contributed by atoms with Gasteiger partial charge >= 0.3 is 0 Å². The summed E-state index contributed by atoms with van der Waals surface area (Å²) >= 11 is 0. The lowest BCUT2D eigenvalue weighted by molar-refractivity contribution is 0.414. The van der Waals surface area contributed by atoms with Crippen molar-refractivity contribution in [2.75, 3.05) is 14.2 Å². The van der Waals surface area contributed by atoms with E-state index in [-0.39, 0.29) is 0 Å². The molecule has 0 aliphatic rings. The highest BCUT2D eigenvalue weighted by Crippen LogP contribution is 2.12. The first-order valence-electron chi connectivity index (χ1n) is 7.99. The van der Waals surface area contributed by atoms with Crippen LogP contribution in [0.4, 0.5) is 0 Å². The molecule has 0 saturated carbocycles. The molecule has 22 heavy (non-hydrogen) atoms. The largest absolute Gasteiger partial charge is 0.497 e. The number of rotatable bonds is 4. The fraction of sp³-hybridized carbons (Fsp3) is 0.400. The second-order valence-electron chi connectivity index (χ2n) is 4.41. The predicted octanol–water partition coefficient (Wildman–Crippen LogP) is 5.54. The molecule has 2 heteroatoms. The Balaban J connectivity index is 0.000000360. The minimum absolute atomic E-state index is 0.944. The van der Waals surface area contributed by atoms with Gasteiger partial charge in [0.1, 0.15) is 11.5 Å². The first kappa shape index (κ1) is 20.0. The second kappa shape index (κ2) is 12.8. The van der Waals surface area contributed by atoms with E-state index in [0.29, 0.717) is 0 Å². The van der Waals surface area contributed by atoms with Crippen molar-refractivity contribution < 1.29 is 9.47 Å². The molecule has 2 aromatic carbocycles. The van der Waals surface area contributed by atoms with E-state index in [9.17, 15) is 0 Å². The van der Waals surface area contributed by atoms with E-state index in [0.717, 1.165) is 24.3 Å². The zero-order valence-electron chi connectivity index (χ0n) is 14.8. The Morgan fingerprint density at radius 2 is 1.05 bits per heavy atom. The zero-order valence-corrected chi connectivity index (χ0v) is 14.8. The van der Waals surface area contributed by atoms with Crippen molar-refractivity contribution in [3.63, 3.8) is 0 Å². The highest BCUT2D eigenvalue weighted by molar-refractivity contribution is 5.28. The minimum atomic E-state index is 0.944. The van der Waals surface area contributed by atoms with E-state index in [1.165, 1.54) is 11.1 Å². The van der Waals surface area contributed by atoms with Crippen molar-refractivity contribution in [1.82, 2.24) is 0 Å². The molecule has 0 N–H and O–H groups in total. The van der Waals surface area contributed by atoms with Crippen molar-refractivity contribution in [1.29, 1.82) is 0 Å². The Hall–Kier alpha value is -1.96. The first-order valence-corrected chi connectivity index (χ1v) is 7.99. The summed E-state index contributed by atoms with van der Waals surface area (Å²) in [4.78, 5) is 0. The van der Waals surface area contributed by atoms with Crippen LogP contribution in [0, 0.1) is 0 Å². The van der Waals surface area contributed by atoms with Gasteiger partial charge in [-0.2, -0.15) is 0 Å². The van der Waals surface area contributed by atoms with E-state index >= 15 is 0 Å². The van der Waals surface area contributed by atoms with Crippen molar-refractivity contribution in [3.8, 4) is 11.5 Å². The van der Waals surface area contributed by atoms with Crippen LogP contribution in [-0.4, -0.2) is 14.2 Å². The lowest BCUT2D eigenvalue weighted by atomic mass is 10.2. The fourth-order valence-corrected chi connectivity index (χ4v) is 1.78. The number of hydrogen-bond donors (Lipinski definition) is 0. The summed E-state index contributed by atoms with van der Waals surface area (Å²) in [6.07, 6.45) is 2.13. The van der Waals surface area contributed by atoms with Crippen LogP contribution in [0.25, 0.3) is 0 Å². The third-order valence-corrected chi connectivity index (χ3v) is 3.08. The van der Waals surface area contributed by atoms with Gasteiger partial charge in [0.25, 0.3) is 0 Å². The molecule has 0 heterocycles. The summed E-state index contributed by atoms with van der Waals surface area (Å²) in [5.41, 5.74) is 2.64. The summed E-state index contributed by atoms with van der Waals surface area (Å²) in [5, 5.41) is 0. The van der Waals surface area contributed by atoms with Crippen molar-refractivity contribution in [2.45, 2.75) is 40.5 Å². The molecule has 2 aromatic rings. The molecule has 2 nitrogen and oxygen atoms in total. The molecule has 0 radical (unpaired) electrons. The van der Waals surface area contributed by atoms with Crippen molar-refractivity contribution >= 4 is 0 Å². The van der Waals surface area contributed by atoms with Crippen LogP contribution < -0.4 is 9.47 Å². The Morgan fingerprint density at radius 1 is 0.682 bits per heavy atom. The van der Waals surface area contributed by atoms with Gasteiger partial charge in [-0.1, -0.05) is 52.0 Å². The van der Waals surface area contributed by atoms with Gasteiger partial charge in [0.2, 0.25) is 0 Å². The Morgan fingerprint density at radius 3 is 1.32 bits per heavy atom. The highest BCUT2D eigenvalue weighted by Gasteiger charge is 1.91. The quantitative estimate of drug-likeness (QED) is 0.738. The number of ether oxygens (including phenoxy) is 2. The van der Waals surface area contributed by atoms with Crippen molar-refractivity contribution in [2.24, 2.45) is 0 Å². The van der Waals surface area contributed by atoms with Crippen LogP contribution in [-0.2, 0) is 12.8 Å². The molecule has 0 fully saturated rings. The van der Waals surface area contributed by atoms with E-state index in [2.05, 4.69) is 38.1 Å². The average Bonchev–Trinajstić information content (AvgIpc) is 2.63. The average molecular weight is 302 g/mol. The maximum atomic E-state index is 5.06. The Labute approximate surface area is 136 Å². The number of aryl methyl sites for hydroxylation is 2. The normalized spacial score (nSPS) is 8.82. The van der Waals surface area contributed by atoms with E-state index < -0.39 is 0 Å². The standard InChI is InChI=1S/2C9H12O.C2H6/c2*1-3-8-5-4-6-9(7-8)10-2;1-2/h2*4-7H,3H2,1-2H3;1-2H3. The third-order valence-electron chi connectivity index (χ3n) is 3.08. The van der Waals surface area contributed by atoms with Gasteiger partial charge in [-0.15, -0.1) is 0 Å². The maximum absolute atomic E-state index is 5.06. The predicted molar refractivity (Wildman–Crippen MR) is 96.1 cm³/mol. The van der Waals surface area contributed by atoms with Gasteiger partial charge in [0, 0.05) is 0 Å². The van der Waals surface area contributed by atoms with Crippen LogP contribution in [0.3, 0.4) is 0 Å². The molecule has 0 amide bonds. The summed E-state index contributed by atoms with van der Waals surface area (Å²) in [7, 11) is 3.38. The van der Waals surface area contributed by atoms with E-state index in [1.54, 1.807) is 14.2 Å². The molecule has 0 unspecified atom stereocenters. The van der Waals surface area contributed by atoms with E-state index in [4.69, 9.17) is 9.47 Å². The van der Waals surface area contributed by atoms with E-state index in [1.807, 2.05) is 38.1 Å². The number of hydrogen-bond acceptors (Lipinski definition) is 2. The zero-order chi connectivity index (χ0) is 16.8. The van der Waals surface area contributed by atoms with Gasteiger partial charge in [0.15, 0.2) is 0 Å². The van der Waals surface area contributed by atoms with Gasteiger partial charge in [-0.25, -0.2) is 0 Å². The number of methoxy groups -OCH3 is 2. The maximum Gasteiger partial charge on any atom is 0.119 e. The van der Waals surface area contributed by atoms with Crippen LogP contribution >= 0.6 is 0 Å². The molecule has 0 aromatic heterocycles. The van der Waals surface area contributed by atoms with Crippen molar-refractivity contribution in [3.05, 3.63) is 59.7 Å². The van der Waals surface area contributed by atoms with Crippen LogP contribution in [0.2, 0.25) is 0 Å². The Kier molecular flexibility index (Phi) is 11.6. The third kappa shape index (κ3) is 7.72. The summed E-state index contributed by atoms with van der Waals surface area (Å²) in [6, 6.07) is 16.2. The summed E-state index contributed by atoms with van der Waals surface area (Å²) in [6.45, 7) is 8.27. The van der Waals surface area contributed by atoms with Crippen LogP contribution in [0.1, 0.15) is 38.8 Å². The van der Waals surface area contributed by atoms with Gasteiger partial charge in [-0.3, -0.25) is 0 Å². The number of benzene rings is 2. The summed E-state index contributed by atoms with van der Waals surface area (Å²) < 4.78 is 10.1. The minimum Gasteiger partial charge on any atom is -0.497 e. The van der Waals surface area contributed by atoms with Crippen LogP contribution in [0.15, 0.2) is 48.5 Å². The molecule has 122 valence electrons. The first-order chi connectivity index (χ1) is 10.7. The van der Waals surface area contributed by atoms with Gasteiger partial charge in [0.05, 0.1) is 14.2 Å². The highest BCUT2D eigenvalue weighted by atomic mass is 16.5. The molecule has 2 rings (SSSR count). The SMILES string of the molecule is CC.CCc1cccc(OC)c1.CCc1cccc(OC)c1. The molecule has 0 bridgehead atoms. The summed E-state index contributed by atoms with van der Waals surface area (Å²) in [5.74, 6) is 1.89. The van der Waals surface area contributed by atoms with Gasteiger partial charge in [-0.05, 0) is 48.2 Å². The molecule has 0 aliphatic carbocycles. The smallest absolute Gasteiger partial charge is 0.119 e. The molecular weight excluding hydrogens is 272 g/mol. The fourth-order valence-electron chi connectivity index (χ4n) is 1.78. The molecule has 0 spiro atoms. The molecule has 0 aliphatic heterocycles. The second-order valence-corrected chi connectivity index (χ2v) is 4.41. The van der Waals surface area contributed by atoms with Gasteiger partial charge < -0.3 is 9.47 Å². The molecule has 0 atom stereocenters. The Bertz CT molecular complexity index is 421. The van der Waals surface area contributed by atoms with Crippen LogP contribution in [0.5, 0.6) is 11.5 Å².